The lowest BCUT2D eigenvalue weighted by Crippen LogP contribution is -2.46. The average molecular weight is 455 g/mol. The van der Waals surface area contributed by atoms with Crippen LogP contribution in [-0.4, -0.2) is 53.3 Å². The average Bonchev–Trinajstić information content (AvgIpc) is 3.17. The third-order valence-corrected chi connectivity index (χ3v) is 6.47. The minimum atomic E-state index is -0.330. The molecule has 0 bridgehead atoms. The van der Waals surface area contributed by atoms with Gasteiger partial charge in [0.2, 0.25) is 0 Å². The van der Waals surface area contributed by atoms with E-state index in [9.17, 15) is 9.90 Å². The Labute approximate surface area is 189 Å². The zero-order valence-corrected chi connectivity index (χ0v) is 18.1. The van der Waals surface area contributed by atoms with Crippen molar-refractivity contribution in [2.24, 2.45) is 0 Å². The molecule has 3 aromatic carbocycles. The molecule has 0 spiro atoms. The first-order valence-electron chi connectivity index (χ1n) is 10.1. The van der Waals surface area contributed by atoms with Crippen molar-refractivity contribution in [2.75, 3.05) is 26.3 Å². The van der Waals surface area contributed by atoms with Gasteiger partial charge in [-0.1, -0.05) is 35.3 Å². The van der Waals surface area contributed by atoms with Crippen LogP contribution in [0.2, 0.25) is 10.0 Å². The molecule has 0 saturated carbocycles. The van der Waals surface area contributed by atoms with Gasteiger partial charge >= 0.3 is 0 Å². The lowest BCUT2D eigenvalue weighted by molar-refractivity contribution is -0.0447. The van der Waals surface area contributed by atoms with Crippen LogP contribution in [0.4, 0.5) is 0 Å². The van der Waals surface area contributed by atoms with Gasteiger partial charge in [0.05, 0.1) is 29.4 Å². The van der Waals surface area contributed by atoms with Crippen LogP contribution in [0.25, 0.3) is 32.9 Å². The maximum absolute atomic E-state index is 13.1. The molecule has 1 aliphatic rings. The molecule has 2 N–H and O–H groups in total. The number of aromatic nitrogens is 1. The molecule has 1 aromatic heterocycles. The molecular formula is C24H20Cl2N2O3. The summed E-state index contributed by atoms with van der Waals surface area (Å²) in [5.74, 6) is -0.0568. The fraction of sp³-hybridized carbons (Fsp3) is 0.208. The predicted octanol–water partition coefficient (Wildman–Crippen LogP) is 5.13. The second kappa shape index (κ2) is 8.17. The summed E-state index contributed by atoms with van der Waals surface area (Å²) in [6.45, 7) is 1.24. The van der Waals surface area contributed by atoms with E-state index in [1.807, 2.05) is 42.5 Å². The van der Waals surface area contributed by atoms with Crippen LogP contribution in [0.5, 0.6) is 0 Å². The van der Waals surface area contributed by atoms with Crippen LogP contribution < -0.4 is 0 Å². The van der Waals surface area contributed by atoms with Crippen LogP contribution >= 0.6 is 23.2 Å². The van der Waals surface area contributed by atoms with E-state index in [0.717, 1.165) is 32.9 Å². The third-order valence-electron chi connectivity index (χ3n) is 5.73. The molecule has 158 valence electrons. The minimum Gasteiger partial charge on any atom is -0.394 e. The fourth-order valence-corrected chi connectivity index (χ4v) is 4.38. The van der Waals surface area contributed by atoms with Gasteiger partial charge in [0.25, 0.3) is 5.91 Å². The molecule has 1 amide bonds. The first-order valence-corrected chi connectivity index (χ1v) is 10.8. The quantitative estimate of drug-likeness (QED) is 0.450. The number of aliphatic hydroxyl groups is 1. The summed E-state index contributed by atoms with van der Waals surface area (Å²) >= 11 is 12.3. The van der Waals surface area contributed by atoms with Crippen molar-refractivity contribution in [3.63, 3.8) is 0 Å². The monoisotopic (exact) mass is 454 g/mol. The number of aromatic amines is 1. The molecule has 4 aromatic rings. The molecule has 2 heterocycles. The summed E-state index contributed by atoms with van der Waals surface area (Å²) in [5.41, 5.74) is 4.57. The Balaban J connectivity index is 1.55. The summed E-state index contributed by atoms with van der Waals surface area (Å²) in [5, 5.41) is 12.4. The third kappa shape index (κ3) is 3.79. The maximum Gasteiger partial charge on any atom is 0.254 e. The van der Waals surface area contributed by atoms with Gasteiger partial charge in [-0.3, -0.25) is 4.79 Å². The van der Waals surface area contributed by atoms with E-state index in [1.165, 1.54) is 0 Å². The lowest BCUT2D eigenvalue weighted by atomic mass is 10.0. The Hall–Kier alpha value is -2.57. The van der Waals surface area contributed by atoms with Gasteiger partial charge in [-0.2, -0.15) is 0 Å². The van der Waals surface area contributed by atoms with E-state index >= 15 is 0 Å². The first-order chi connectivity index (χ1) is 15.0. The van der Waals surface area contributed by atoms with Gasteiger partial charge in [0.1, 0.15) is 0 Å². The maximum atomic E-state index is 13.1. The van der Waals surface area contributed by atoms with Crippen molar-refractivity contribution in [3.8, 4) is 11.1 Å². The zero-order valence-electron chi connectivity index (χ0n) is 16.6. The highest BCUT2D eigenvalue weighted by molar-refractivity contribution is 6.42. The predicted molar refractivity (Wildman–Crippen MR) is 124 cm³/mol. The Kier molecular flexibility index (Phi) is 5.36. The number of rotatable bonds is 3. The van der Waals surface area contributed by atoms with E-state index in [2.05, 4.69) is 11.1 Å². The number of amides is 1. The number of benzene rings is 3. The van der Waals surface area contributed by atoms with Crippen molar-refractivity contribution in [1.29, 1.82) is 0 Å². The molecule has 0 radical (unpaired) electrons. The van der Waals surface area contributed by atoms with E-state index < -0.39 is 0 Å². The van der Waals surface area contributed by atoms with Gasteiger partial charge in [-0.15, -0.1) is 0 Å². The number of carbonyl (C=O) groups is 1. The molecule has 31 heavy (non-hydrogen) atoms. The van der Waals surface area contributed by atoms with Crippen molar-refractivity contribution < 1.29 is 14.6 Å². The van der Waals surface area contributed by atoms with Gasteiger partial charge in [0.15, 0.2) is 0 Å². The first kappa shape index (κ1) is 20.3. The molecule has 5 nitrogen and oxygen atoms in total. The zero-order chi connectivity index (χ0) is 21.5. The summed E-state index contributed by atoms with van der Waals surface area (Å²) in [7, 11) is 0. The molecule has 1 aliphatic heterocycles. The Morgan fingerprint density at radius 3 is 2.48 bits per heavy atom. The number of hydrogen-bond acceptors (Lipinski definition) is 3. The smallest absolute Gasteiger partial charge is 0.254 e. The molecule has 1 atom stereocenters. The number of aliphatic hydroxyl groups excluding tert-OH is 1. The highest BCUT2D eigenvalue weighted by Crippen LogP contribution is 2.33. The van der Waals surface area contributed by atoms with E-state index in [-0.39, 0.29) is 18.6 Å². The second-order valence-corrected chi connectivity index (χ2v) is 8.52. The van der Waals surface area contributed by atoms with Crippen LogP contribution in [0, 0.1) is 0 Å². The topological polar surface area (TPSA) is 65.6 Å². The van der Waals surface area contributed by atoms with Crippen molar-refractivity contribution in [2.45, 2.75) is 6.10 Å². The molecule has 7 heteroatoms. The number of fused-ring (bicyclic) bond motifs is 3. The molecular weight excluding hydrogens is 435 g/mol. The molecule has 0 aliphatic carbocycles. The summed E-state index contributed by atoms with van der Waals surface area (Å²) in [6, 6.07) is 17.4. The van der Waals surface area contributed by atoms with Gasteiger partial charge in [-0.25, -0.2) is 0 Å². The molecule has 1 fully saturated rings. The van der Waals surface area contributed by atoms with Gasteiger partial charge < -0.3 is 19.7 Å². The number of nitrogens with zero attached hydrogens (tertiary/aromatic N) is 1. The van der Waals surface area contributed by atoms with Crippen molar-refractivity contribution >= 4 is 50.9 Å². The summed E-state index contributed by atoms with van der Waals surface area (Å²) in [4.78, 5) is 18.2. The fourth-order valence-electron chi connectivity index (χ4n) is 4.08. The highest BCUT2D eigenvalue weighted by Gasteiger charge is 2.25. The van der Waals surface area contributed by atoms with Gasteiger partial charge in [-0.05, 0) is 53.6 Å². The van der Waals surface area contributed by atoms with Crippen LogP contribution in [-0.2, 0) is 4.74 Å². The largest absolute Gasteiger partial charge is 0.394 e. The van der Waals surface area contributed by atoms with Crippen LogP contribution in [0.15, 0.2) is 54.6 Å². The van der Waals surface area contributed by atoms with E-state index in [1.54, 1.807) is 11.0 Å². The number of morpholine rings is 1. The lowest BCUT2D eigenvalue weighted by Gasteiger charge is -2.32. The number of ether oxygens (including phenoxy) is 1. The standard InChI is InChI=1S/C24H20Cl2N2O3/c25-20-4-1-15(11-21(20)26)14-2-5-22-18(9-14)19-10-16(3-6-23(19)27-22)24(30)28-7-8-31-17(12-28)13-29/h1-6,9-11,17,27,29H,7-8,12-13H2. The van der Waals surface area contributed by atoms with Crippen molar-refractivity contribution in [3.05, 3.63) is 70.2 Å². The Morgan fingerprint density at radius 2 is 1.71 bits per heavy atom. The highest BCUT2D eigenvalue weighted by atomic mass is 35.5. The Morgan fingerprint density at radius 1 is 1.00 bits per heavy atom. The van der Waals surface area contributed by atoms with Crippen LogP contribution in [0.3, 0.4) is 0 Å². The second-order valence-electron chi connectivity index (χ2n) is 7.70. The number of halogens is 2. The number of hydrogen-bond donors (Lipinski definition) is 2. The Bertz CT molecular complexity index is 1300. The minimum absolute atomic E-state index is 0.0568. The number of nitrogens with one attached hydrogen (secondary N) is 1. The summed E-state index contributed by atoms with van der Waals surface area (Å²) in [6.07, 6.45) is -0.330. The normalized spacial score (nSPS) is 16.9. The molecule has 1 unspecified atom stereocenters. The number of H-pyrrole nitrogens is 1. The summed E-state index contributed by atoms with van der Waals surface area (Å²) < 4.78 is 5.46. The van der Waals surface area contributed by atoms with Crippen molar-refractivity contribution in [1.82, 2.24) is 9.88 Å². The molecule has 1 saturated heterocycles. The molecule has 5 rings (SSSR count). The number of carbonyl (C=O) groups excluding carboxylic acids is 1. The SMILES string of the molecule is O=C(c1ccc2[nH]c3ccc(-c4ccc(Cl)c(Cl)c4)cc3c2c1)N1CCOC(CO)C1. The van der Waals surface area contributed by atoms with Gasteiger partial charge in [0, 0.05) is 40.5 Å². The van der Waals surface area contributed by atoms with E-state index in [4.69, 9.17) is 27.9 Å². The van der Waals surface area contributed by atoms with Crippen LogP contribution in [0.1, 0.15) is 10.4 Å². The van der Waals surface area contributed by atoms with E-state index in [0.29, 0.717) is 35.3 Å².